The summed E-state index contributed by atoms with van der Waals surface area (Å²) in [5.41, 5.74) is 6.60. The number of nitrogens with zero attached hydrogens (tertiary/aromatic N) is 1. The van der Waals surface area contributed by atoms with Gasteiger partial charge in [-0.3, -0.25) is 4.79 Å². The highest BCUT2D eigenvalue weighted by Crippen LogP contribution is 2.31. The van der Waals surface area contributed by atoms with E-state index in [1.807, 2.05) is 12.1 Å². The standard InChI is InChI=1S/C13H18N2O/c1-9-4-5-10(7-9)12(16)8-11-3-2-6-15-13(11)14/h2-3,6,9-10H,4-5,7-8H2,1H3,(H2,14,15). The predicted molar refractivity (Wildman–Crippen MR) is 63.9 cm³/mol. The first-order chi connectivity index (χ1) is 7.66. The average Bonchev–Trinajstić information content (AvgIpc) is 2.68. The first-order valence-electron chi connectivity index (χ1n) is 5.89. The van der Waals surface area contributed by atoms with E-state index in [4.69, 9.17) is 5.73 Å². The Morgan fingerprint density at radius 3 is 3.00 bits per heavy atom. The van der Waals surface area contributed by atoms with Crippen molar-refractivity contribution in [1.82, 2.24) is 4.98 Å². The van der Waals surface area contributed by atoms with Gasteiger partial charge in [0.15, 0.2) is 0 Å². The van der Waals surface area contributed by atoms with Gasteiger partial charge in [-0.05, 0) is 31.2 Å². The van der Waals surface area contributed by atoms with Crippen LogP contribution in [0.2, 0.25) is 0 Å². The number of Topliss-reactive ketones (excluding diaryl/α,β-unsaturated/α-hetero) is 1. The molecule has 1 aromatic rings. The van der Waals surface area contributed by atoms with Gasteiger partial charge in [0.25, 0.3) is 0 Å². The second-order valence-electron chi connectivity index (χ2n) is 4.81. The highest BCUT2D eigenvalue weighted by Gasteiger charge is 2.27. The van der Waals surface area contributed by atoms with Crippen LogP contribution in [0.1, 0.15) is 31.7 Å². The SMILES string of the molecule is CC1CCC(C(=O)Cc2cccnc2N)C1. The van der Waals surface area contributed by atoms with Crippen molar-refractivity contribution in [3.05, 3.63) is 23.9 Å². The Bertz CT molecular complexity index is 389. The summed E-state index contributed by atoms with van der Waals surface area (Å²) in [7, 11) is 0. The lowest BCUT2D eigenvalue weighted by molar-refractivity contribution is -0.122. The minimum atomic E-state index is 0.245. The Kier molecular flexibility index (Phi) is 3.22. The molecule has 1 saturated carbocycles. The molecule has 2 unspecified atom stereocenters. The molecular weight excluding hydrogens is 200 g/mol. The molecule has 0 aromatic carbocycles. The molecule has 1 aromatic heterocycles. The van der Waals surface area contributed by atoms with Crippen molar-refractivity contribution in [2.75, 3.05) is 5.73 Å². The van der Waals surface area contributed by atoms with Crippen molar-refractivity contribution >= 4 is 11.6 Å². The Balaban J connectivity index is 2.00. The van der Waals surface area contributed by atoms with Gasteiger partial charge in [0.05, 0.1) is 0 Å². The number of pyridine rings is 1. The maximum atomic E-state index is 12.0. The third kappa shape index (κ3) is 2.40. The summed E-state index contributed by atoms with van der Waals surface area (Å²) in [6, 6.07) is 3.72. The summed E-state index contributed by atoms with van der Waals surface area (Å²) in [6.07, 6.45) is 5.36. The van der Waals surface area contributed by atoms with Gasteiger partial charge in [-0.25, -0.2) is 4.98 Å². The van der Waals surface area contributed by atoms with Gasteiger partial charge in [0.2, 0.25) is 0 Å². The van der Waals surface area contributed by atoms with Crippen molar-refractivity contribution in [2.45, 2.75) is 32.6 Å². The lowest BCUT2D eigenvalue weighted by Crippen LogP contribution is -2.15. The van der Waals surface area contributed by atoms with Crippen LogP contribution < -0.4 is 5.73 Å². The van der Waals surface area contributed by atoms with E-state index in [0.29, 0.717) is 23.9 Å². The maximum Gasteiger partial charge on any atom is 0.140 e. The molecule has 3 heteroatoms. The highest BCUT2D eigenvalue weighted by atomic mass is 16.1. The van der Waals surface area contributed by atoms with Gasteiger partial charge in [-0.15, -0.1) is 0 Å². The fraction of sp³-hybridized carbons (Fsp3) is 0.538. The smallest absolute Gasteiger partial charge is 0.140 e. The summed E-state index contributed by atoms with van der Waals surface area (Å²) < 4.78 is 0. The van der Waals surface area contributed by atoms with E-state index in [1.165, 1.54) is 6.42 Å². The second kappa shape index (κ2) is 4.64. The van der Waals surface area contributed by atoms with Crippen LogP contribution in [0.4, 0.5) is 5.82 Å². The zero-order chi connectivity index (χ0) is 11.5. The van der Waals surface area contributed by atoms with E-state index in [1.54, 1.807) is 6.20 Å². The summed E-state index contributed by atoms with van der Waals surface area (Å²) in [4.78, 5) is 16.0. The molecule has 1 heterocycles. The molecule has 1 aliphatic rings. The van der Waals surface area contributed by atoms with Crippen molar-refractivity contribution in [1.29, 1.82) is 0 Å². The van der Waals surface area contributed by atoms with Crippen LogP contribution in [0.5, 0.6) is 0 Å². The number of nitrogens with two attached hydrogens (primary N) is 1. The molecule has 0 spiro atoms. The Labute approximate surface area is 96.1 Å². The van der Waals surface area contributed by atoms with Crippen LogP contribution >= 0.6 is 0 Å². The fourth-order valence-electron chi connectivity index (χ4n) is 2.43. The minimum absolute atomic E-state index is 0.245. The third-order valence-electron chi connectivity index (χ3n) is 3.44. The zero-order valence-electron chi connectivity index (χ0n) is 9.65. The predicted octanol–water partition coefficient (Wildman–Crippen LogP) is 2.21. The second-order valence-corrected chi connectivity index (χ2v) is 4.81. The molecule has 0 amide bonds. The van der Waals surface area contributed by atoms with Crippen molar-refractivity contribution in [3.8, 4) is 0 Å². The quantitative estimate of drug-likeness (QED) is 0.846. The average molecular weight is 218 g/mol. The van der Waals surface area contributed by atoms with Gasteiger partial charge < -0.3 is 5.73 Å². The number of ketones is 1. The van der Waals surface area contributed by atoms with E-state index in [9.17, 15) is 4.79 Å². The Morgan fingerprint density at radius 1 is 1.56 bits per heavy atom. The minimum Gasteiger partial charge on any atom is -0.383 e. The summed E-state index contributed by atoms with van der Waals surface area (Å²) in [6.45, 7) is 2.21. The topological polar surface area (TPSA) is 56.0 Å². The molecule has 16 heavy (non-hydrogen) atoms. The van der Waals surface area contributed by atoms with Crippen molar-refractivity contribution in [2.24, 2.45) is 11.8 Å². The number of carbonyl (C=O) groups is 1. The number of hydrogen-bond acceptors (Lipinski definition) is 3. The largest absolute Gasteiger partial charge is 0.383 e. The summed E-state index contributed by atoms with van der Waals surface area (Å²) >= 11 is 0. The van der Waals surface area contributed by atoms with Crippen LogP contribution in [-0.2, 0) is 11.2 Å². The van der Waals surface area contributed by atoms with Crippen LogP contribution in [0, 0.1) is 11.8 Å². The van der Waals surface area contributed by atoms with Gasteiger partial charge in [0.1, 0.15) is 11.6 Å². The molecule has 3 nitrogen and oxygen atoms in total. The lowest BCUT2D eigenvalue weighted by atomic mass is 9.96. The van der Waals surface area contributed by atoms with E-state index in [2.05, 4.69) is 11.9 Å². The van der Waals surface area contributed by atoms with E-state index >= 15 is 0 Å². The molecule has 0 radical (unpaired) electrons. The molecule has 2 atom stereocenters. The number of rotatable bonds is 3. The maximum absolute atomic E-state index is 12.0. The molecular formula is C13H18N2O. The van der Waals surface area contributed by atoms with Gasteiger partial charge >= 0.3 is 0 Å². The van der Waals surface area contributed by atoms with Crippen LogP contribution in [0.15, 0.2) is 18.3 Å². The first-order valence-corrected chi connectivity index (χ1v) is 5.89. The molecule has 1 fully saturated rings. The molecule has 2 N–H and O–H groups in total. The number of aromatic nitrogens is 1. The number of carbonyl (C=O) groups excluding carboxylic acids is 1. The number of anilines is 1. The van der Waals surface area contributed by atoms with E-state index in [-0.39, 0.29) is 5.92 Å². The normalized spacial score (nSPS) is 24.6. The van der Waals surface area contributed by atoms with E-state index in [0.717, 1.165) is 18.4 Å². The molecule has 0 bridgehead atoms. The Morgan fingerprint density at radius 2 is 2.38 bits per heavy atom. The monoisotopic (exact) mass is 218 g/mol. The van der Waals surface area contributed by atoms with Gasteiger partial charge in [0, 0.05) is 24.1 Å². The first kappa shape index (κ1) is 11.1. The van der Waals surface area contributed by atoms with Crippen LogP contribution in [-0.4, -0.2) is 10.8 Å². The third-order valence-corrected chi connectivity index (χ3v) is 3.44. The zero-order valence-corrected chi connectivity index (χ0v) is 9.65. The highest BCUT2D eigenvalue weighted by molar-refractivity contribution is 5.84. The molecule has 0 aliphatic heterocycles. The molecule has 0 saturated heterocycles. The molecule has 2 rings (SSSR count). The lowest BCUT2D eigenvalue weighted by Gasteiger charge is -2.09. The summed E-state index contributed by atoms with van der Waals surface area (Å²) in [5.74, 6) is 1.75. The fourth-order valence-corrected chi connectivity index (χ4v) is 2.43. The summed E-state index contributed by atoms with van der Waals surface area (Å²) in [5, 5.41) is 0. The number of nitrogen functional groups attached to an aromatic ring is 1. The van der Waals surface area contributed by atoms with Crippen LogP contribution in [0.3, 0.4) is 0 Å². The Hall–Kier alpha value is -1.38. The molecule has 86 valence electrons. The van der Waals surface area contributed by atoms with Gasteiger partial charge in [-0.1, -0.05) is 13.0 Å². The molecule has 1 aliphatic carbocycles. The van der Waals surface area contributed by atoms with Gasteiger partial charge in [-0.2, -0.15) is 0 Å². The number of hydrogen-bond donors (Lipinski definition) is 1. The van der Waals surface area contributed by atoms with Crippen LogP contribution in [0.25, 0.3) is 0 Å². The van der Waals surface area contributed by atoms with E-state index < -0.39 is 0 Å². The van der Waals surface area contributed by atoms with Crippen molar-refractivity contribution < 1.29 is 4.79 Å². The van der Waals surface area contributed by atoms with Crippen molar-refractivity contribution in [3.63, 3.8) is 0 Å².